The second kappa shape index (κ2) is 4.72. The fourth-order valence-electron chi connectivity index (χ4n) is 2.91. The number of nitrogens with two attached hydrogens (primary N) is 1. The Balaban J connectivity index is 1.82. The smallest absolute Gasteiger partial charge is 0.148 e. The molecular formula is C16H21N3. The molecule has 2 aromatic rings. The number of hydrogen-bond acceptors (Lipinski definition) is 2. The summed E-state index contributed by atoms with van der Waals surface area (Å²) < 4.78 is 0. The van der Waals surface area contributed by atoms with E-state index in [-0.39, 0.29) is 0 Å². The zero-order chi connectivity index (χ0) is 13.4. The highest BCUT2D eigenvalue weighted by molar-refractivity contribution is 5.47. The van der Waals surface area contributed by atoms with E-state index in [1.807, 2.05) is 0 Å². The lowest BCUT2D eigenvalue weighted by Gasteiger charge is -2.07. The van der Waals surface area contributed by atoms with Gasteiger partial charge in [-0.05, 0) is 30.2 Å². The van der Waals surface area contributed by atoms with Crippen LogP contribution in [0.5, 0.6) is 0 Å². The first-order chi connectivity index (χ1) is 9.16. The van der Waals surface area contributed by atoms with Crippen molar-refractivity contribution >= 4 is 5.82 Å². The van der Waals surface area contributed by atoms with Crippen molar-refractivity contribution in [2.75, 3.05) is 5.73 Å². The van der Waals surface area contributed by atoms with Crippen LogP contribution in [0.2, 0.25) is 0 Å². The molecule has 0 saturated heterocycles. The number of hydrogen-bond donors (Lipinski definition) is 2. The SMILES string of the molecule is CC(C)Cc1c(N)n[nH]c1C1CC1c1ccccc1. The van der Waals surface area contributed by atoms with Crippen LogP contribution in [-0.4, -0.2) is 10.2 Å². The van der Waals surface area contributed by atoms with Gasteiger partial charge >= 0.3 is 0 Å². The van der Waals surface area contributed by atoms with Crippen molar-refractivity contribution in [1.82, 2.24) is 10.2 Å². The maximum absolute atomic E-state index is 6.00. The molecule has 2 unspecified atom stereocenters. The summed E-state index contributed by atoms with van der Waals surface area (Å²) in [5.74, 6) is 2.49. The van der Waals surface area contributed by atoms with Crippen molar-refractivity contribution in [3.05, 3.63) is 47.2 Å². The minimum absolute atomic E-state index is 0.570. The van der Waals surface area contributed by atoms with Crippen molar-refractivity contribution < 1.29 is 0 Å². The van der Waals surface area contributed by atoms with Crippen molar-refractivity contribution in [3.63, 3.8) is 0 Å². The molecule has 3 heteroatoms. The van der Waals surface area contributed by atoms with Crippen molar-refractivity contribution in [3.8, 4) is 0 Å². The zero-order valence-electron chi connectivity index (χ0n) is 11.6. The average Bonchev–Trinajstić information content (AvgIpc) is 3.11. The van der Waals surface area contributed by atoms with Crippen molar-refractivity contribution in [2.24, 2.45) is 5.92 Å². The summed E-state index contributed by atoms with van der Waals surface area (Å²) in [5, 5.41) is 7.38. The maximum atomic E-state index is 6.00. The van der Waals surface area contributed by atoms with Crippen LogP contribution in [0, 0.1) is 5.92 Å². The van der Waals surface area contributed by atoms with E-state index in [1.165, 1.54) is 23.2 Å². The Kier molecular flexibility index (Phi) is 3.05. The van der Waals surface area contributed by atoms with Gasteiger partial charge < -0.3 is 5.73 Å². The van der Waals surface area contributed by atoms with E-state index in [9.17, 15) is 0 Å². The summed E-state index contributed by atoms with van der Waals surface area (Å²) in [5.41, 5.74) is 9.92. The van der Waals surface area contributed by atoms with Crippen LogP contribution in [0.3, 0.4) is 0 Å². The van der Waals surface area contributed by atoms with E-state index in [4.69, 9.17) is 5.73 Å². The Morgan fingerprint density at radius 3 is 2.68 bits per heavy atom. The topological polar surface area (TPSA) is 54.7 Å². The van der Waals surface area contributed by atoms with Crippen LogP contribution < -0.4 is 5.73 Å². The molecule has 1 aromatic heterocycles. The van der Waals surface area contributed by atoms with E-state index >= 15 is 0 Å². The first-order valence-corrected chi connectivity index (χ1v) is 7.04. The summed E-state index contributed by atoms with van der Waals surface area (Å²) >= 11 is 0. The van der Waals surface area contributed by atoms with E-state index in [0.717, 1.165) is 6.42 Å². The Bertz CT molecular complexity index is 557. The van der Waals surface area contributed by atoms with Crippen molar-refractivity contribution in [1.29, 1.82) is 0 Å². The number of benzene rings is 1. The van der Waals surface area contributed by atoms with E-state index in [2.05, 4.69) is 54.4 Å². The third kappa shape index (κ3) is 2.37. The molecule has 100 valence electrons. The van der Waals surface area contributed by atoms with Crippen LogP contribution in [0.4, 0.5) is 5.82 Å². The Morgan fingerprint density at radius 2 is 2.00 bits per heavy atom. The van der Waals surface area contributed by atoms with Gasteiger partial charge in [0.1, 0.15) is 5.82 Å². The lowest BCUT2D eigenvalue weighted by atomic mass is 9.99. The Hall–Kier alpha value is -1.77. The van der Waals surface area contributed by atoms with Gasteiger partial charge in [-0.1, -0.05) is 44.2 Å². The molecule has 1 aromatic carbocycles. The molecule has 3 N–H and O–H groups in total. The zero-order valence-corrected chi connectivity index (χ0v) is 11.6. The van der Waals surface area contributed by atoms with Gasteiger partial charge in [0.2, 0.25) is 0 Å². The first kappa shape index (κ1) is 12.3. The third-order valence-corrected chi connectivity index (χ3v) is 3.93. The Morgan fingerprint density at radius 1 is 1.26 bits per heavy atom. The normalized spacial score (nSPS) is 21.8. The number of nitrogen functional groups attached to an aromatic ring is 1. The fraction of sp³-hybridized carbons (Fsp3) is 0.438. The quantitative estimate of drug-likeness (QED) is 0.879. The predicted molar refractivity (Wildman–Crippen MR) is 78.1 cm³/mol. The number of H-pyrrole nitrogens is 1. The minimum Gasteiger partial charge on any atom is -0.382 e. The number of rotatable bonds is 4. The molecule has 2 atom stereocenters. The van der Waals surface area contributed by atoms with Gasteiger partial charge in [0, 0.05) is 17.2 Å². The van der Waals surface area contributed by atoms with Gasteiger partial charge in [-0.3, -0.25) is 5.10 Å². The molecule has 1 fully saturated rings. The number of aromatic nitrogens is 2. The second-order valence-corrected chi connectivity index (χ2v) is 5.96. The highest BCUT2D eigenvalue weighted by atomic mass is 15.2. The lowest BCUT2D eigenvalue weighted by Crippen LogP contribution is -2.00. The molecule has 0 bridgehead atoms. The van der Waals surface area contributed by atoms with E-state index in [0.29, 0.717) is 23.6 Å². The van der Waals surface area contributed by atoms with Gasteiger partial charge in [0.15, 0.2) is 0 Å². The summed E-state index contributed by atoms with van der Waals surface area (Å²) in [6.45, 7) is 4.44. The van der Waals surface area contributed by atoms with Gasteiger partial charge in [0.05, 0.1) is 0 Å². The number of aromatic amines is 1. The molecule has 1 saturated carbocycles. The minimum atomic E-state index is 0.570. The molecule has 3 rings (SSSR count). The average molecular weight is 255 g/mol. The molecule has 1 heterocycles. The summed E-state index contributed by atoms with van der Waals surface area (Å²) in [6.07, 6.45) is 2.21. The van der Waals surface area contributed by atoms with Crippen LogP contribution in [0.15, 0.2) is 30.3 Å². The molecular weight excluding hydrogens is 234 g/mol. The van der Waals surface area contributed by atoms with Crippen molar-refractivity contribution in [2.45, 2.75) is 38.5 Å². The number of nitrogens with zero attached hydrogens (tertiary/aromatic N) is 1. The molecule has 0 radical (unpaired) electrons. The molecule has 0 amide bonds. The second-order valence-electron chi connectivity index (χ2n) is 5.96. The molecule has 1 aliphatic rings. The lowest BCUT2D eigenvalue weighted by molar-refractivity contribution is 0.643. The van der Waals surface area contributed by atoms with Gasteiger partial charge in [0.25, 0.3) is 0 Å². The fourth-order valence-corrected chi connectivity index (χ4v) is 2.91. The van der Waals surface area contributed by atoms with E-state index < -0.39 is 0 Å². The predicted octanol–water partition coefficient (Wildman–Crippen LogP) is 3.46. The van der Waals surface area contributed by atoms with Crippen LogP contribution in [-0.2, 0) is 6.42 Å². The molecule has 1 aliphatic carbocycles. The number of anilines is 1. The highest BCUT2D eigenvalue weighted by Crippen LogP contribution is 2.55. The van der Waals surface area contributed by atoms with Crippen LogP contribution in [0.1, 0.15) is 48.9 Å². The standard InChI is InChI=1S/C16H21N3/c1-10(2)8-14-15(18-19-16(14)17)13-9-12(13)11-6-4-3-5-7-11/h3-7,10,12-13H,8-9H2,1-2H3,(H3,17,18,19). The highest BCUT2D eigenvalue weighted by Gasteiger charge is 2.42. The largest absolute Gasteiger partial charge is 0.382 e. The summed E-state index contributed by atoms with van der Waals surface area (Å²) in [6, 6.07) is 10.7. The molecule has 19 heavy (non-hydrogen) atoms. The van der Waals surface area contributed by atoms with Gasteiger partial charge in [-0.15, -0.1) is 0 Å². The number of nitrogens with one attached hydrogen (secondary N) is 1. The van der Waals surface area contributed by atoms with Crippen LogP contribution in [0.25, 0.3) is 0 Å². The molecule has 0 aliphatic heterocycles. The monoisotopic (exact) mass is 255 g/mol. The summed E-state index contributed by atoms with van der Waals surface area (Å²) in [7, 11) is 0. The van der Waals surface area contributed by atoms with E-state index in [1.54, 1.807) is 0 Å². The van der Waals surface area contributed by atoms with Crippen LogP contribution >= 0.6 is 0 Å². The molecule has 0 spiro atoms. The summed E-state index contributed by atoms with van der Waals surface area (Å²) in [4.78, 5) is 0. The third-order valence-electron chi connectivity index (χ3n) is 3.93. The van der Waals surface area contributed by atoms with Gasteiger partial charge in [-0.25, -0.2) is 0 Å². The first-order valence-electron chi connectivity index (χ1n) is 7.04. The molecule has 3 nitrogen and oxygen atoms in total. The maximum Gasteiger partial charge on any atom is 0.148 e. The van der Waals surface area contributed by atoms with Gasteiger partial charge in [-0.2, -0.15) is 5.10 Å². The Labute approximate surface area is 114 Å².